The Bertz CT molecular complexity index is 304. The molecule has 1 atom stereocenters. The first-order chi connectivity index (χ1) is 8.50. The number of hydrogen-bond acceptors (Lipinski definition) is 3. The molecule has 18 heavy (non-hydrogen) atoms. The average Bonchev–Trinajstić information content (AvgIpc) is 3.11. The van der Waals surface area contributed by atoms with E-state index in [4.69, 9.17) is 0 Å². The predicted molar refractivity (Wildman–Crippen MR) is 74.2 cm³/mol. The molecule has 0 amide bonds. The zero-order chi connectivity index (χ0) is 13.2. The Morgan fingerprint density at radius 1 is 1.28 bits per heavy atom. The first kappa shape index (κ1) is 13.8. The molecule has 0 aromatic heterocycles. The van der Waals surface area contributed by atoms with Crippen molar-refractivity contribution < 1.29 is 0 Å². The van der Waals surface area contributed by atoms with Gasteiger partial charge in [0.1, 0.15) is 6.04 Å². The molecule has 0 heterocycles. The van der Waals surface area contributed by atoms with Gasteiger partial charge in [-0.2, -0.15) is 5.26 Å². The van der Waals surface area contributed by atoms with Crippen molar-refractivity contribution in [2.45, 2.75) is 70.5 Å². The van der Waals surface area contributed by atoms with E-state index in [1.54, 1.807) is 0 Å². The van der Waals surface area contributed by atoms with Crippen LogP contribution in [-0.4, -0.2) is 36.6 Å². The van der Waals surface area contributed by atoms with Gasteiger partial charge in [-0.25, -0.2) is 0 Å². The normalized spacial score (nSPS) is 25.9. The van der Waals surface area contributed by atoms with Crippen LogP contribution in [-0.2, 0) is 0 Å². The van der Waals surface area contributed by atoms with Crippen LogP contribution in [0.4, 0.5) is 0 Å². The van der Waals surface area contributed by atoms with E-state index in [-0.39, 0.29) is 6.04 Å². The summed E-state index contributed by atoms with van der Waals surface area (Å²) in [6, 6.07) is 3.71. The van der Waals surface area contributed by atoms with Crippen LogP contribution in [0.5, 0.6) is 0 Å². The van der Waals surface area contributed by atoms with Gasteiger partial charge in [0.2, 0.25) is 0 Å². The number of rotatable bonds is 5. The van der Waals surface area contributed by atoms with Crippen molar-refractivity contribution in [3.8, 4) is 6.07 Å². The van der Waals surface area contributed by atoms with Crippen molar-refractivity contribution in [1.29, 1.82) is 5.26 Å². The standard InChI is InChI=1S/C15H27N3/c1-15(2)8-6-14(7-9-15)18(3)11-13(10-16)17-12-4-5-12/h12-14,17H,4-9,11H2,1-3H3. The third-order valence-corrected chi connectivity index (χ3v) is 4.57. The third kappa shape index (κ3) is 3.96. The molecule has 2 rings (SSSR count). The van der Waals surface area contributed by atoms with Crippen molar-refractivity contribution >= 4 is 0 Å². The molecule has 3 nitrogen and oxygen atoms in total. The van der Waals surface area contributed by atoms with E-state index in [9.17, 15) is 5.26 Å². The first-order valence-electron chi connectivity index (χ1n) is 7.36. The fraction of sp³-hybridized carbons (Fsp3) is 0.933. The summed E-state index contributed by atoms with van der Waals surface area (Å²) in [4.78, 5) is 2.40. The second kappa shape index (κ2) is 5.59. The molecule has 102 valence electrons. The highest BCUT2D eigenvalue weighted by atomic mass is 15.2. The third-order valence-electron chi connectivity index (χ3n) is 4.57. The van der Waals surface area contributed by atoms with Crippen molar-refractivity contribution in [3.05, 3.63) is 0 Å². The Kier molecular flexibility index (Phi) is 4.29. The van der Waals surface area contributed by atoms with Crippen LogP contribution < -0.4 is 5.32 Å². The largest absolute Gasteiger partial charge is 0.301 e. The topological polar surface area (TPSA) is 39.1 Å². The minimum atomic E-state index is 0.0115. The van der Waals surface area contributed by atoms with Crippen molar-refractivity contribution in [2.24, 2.45) is 5.41 Å². The lowest BCUT2D eigenvalue weighted by Gasteiger charge is -2.39. The molecule has 0 bridgehead atoms. The van der Waals surface area contributed by atoms with E-state index in [0.717, 1.165) is 6.54 Å². The SMILES string of the molecule is CN(CC(C#N)NC1CC1)C1CCC(C)(C)CC1. The van der Waals surface area contributed by atoms with Gasteiger partial charge in [0, 0.05) is 18.6 Å². The summed E-state index contributed by atoms with van der Waals surface area (Å²) in [5.74, 6) is 0. The molecule has 0 saturated heterocycles. The van der Waals surface area contributed by atoms with Crippen LogP contribution in [0.2, 0.25) is 0 Å². The van der Waals surface area contributed by atoms with Gasteiger partial charge >= 0.3 is 0 Å². The molecule has 2 saturated carbocycles. The molecule has 0 spiro atoms. The predicted octanol–water partition coefficient (Wildman–Crippen LogP) is 2.53. The Balaban J connectivity index is 1.76. The Morgan fingerprint density at radius 3 is 2.39 bits per heavy atom. The highest BCUT2D eigenvalue weighted by Crippen LogP contribution is 2.36. The van der Waals surface area contributed by atoms with Gasteiger partial charge < -0.3 is 4.90 Å². The molecule has 2 aliphatic carbocycles. The van der Waals surface area contributed by atoms with Crippen molar-refractivity contribution in [3.63, 3.8) is 0 Å². The Hall–Kier alpha value is -0.590. The number of nitrogens with zero attached hydrogens (tertiary/aromatic N) is 2. The molecular formula is C15H27N3. The average molecular weight is 249 g/mol. The smallest absolute Gasteiger partial charge is 0.108 e. The molecule has 1 unspecified atom stereocenters. The highest BCUT2D eigenvalue weighted by molar-refractivity contribution is 4.98. The molecule has 2 fully saturated rings. The highest BCUT2D eigenvalue weighted by Gasteiger charge is 2.30. The lowest BCUT2D eigenvalue weighted by molar-refractivity contribution is 0.123. The summed E-state index contributed by atoms with van der Waals surface area (Å²) in [5.41, 5.74) is 0.526. The number of nitriles is 1. The molecule has 0 aromatic carbocycles. The number of likely N-dealkylation sites (N-methyl/N-ethyl adjacent to an activating group) is 1. The lowest BCUT2D eigenvalue weighted by Crippen LogP contribution is -2.45. The van der Waals surface area contributed by atoms with Crippen LogP contribution in [0.15, 0.2) is 0 Å². The Morgan fingerprint density at radius 2 is 1.89 bits per heavy atom. The molecule has 3 heteroatoms. The Labute approximate surface area is 112 Å². The van der Waals surface area contributed by atoms with E-state index in [1.807, 2.05) is 0 Å². The minimum absolute atomic E-state index is 0.0115. The molecule has 2 aliphatic rings. The van der Waals surface area contributed by atoms with E-state index >= 15 is 0 Å². The second-order valence-electron chi connectivity index (χ2n) is 6.96. The maximum absolute atomic E-state index is 9.19. The summed E-state index contributed by atoms with van der Waals surface area (Å²) < 4.78 is 0. The fourth-order valence-corrected chi connectivity index (χ4v) is 2.93. The van der Waals surface area contributed by atoms with Gasteiger partial charge in [-0.1, -0.05) is 13.8 Å². The van der Waals surface area contributed by atoms with E-state index in [1.165, 1.54) is 38.5 Å². The zero-order valence-corrected chi connectivity index (χ0v) is 12.1. The van der Waals surface area contributed by atoms with Crippen LogP contribution in [0, 0.1) is 16.7 Å². The number of hydrogen-bond donors (Lipinski definition) is 1. The zero-order valence-electron chi connectivity index (χ0n) is 12.1. The minimum Gasteiger partial charge on any atom is -0.301 e. The van der Waals surface area contributed by atoms with Gasteiger partial charge in [0.05, 0.1) is 6.07 Å². The van der Waals surface area contributed by atoms with E-state index in [0.29, 0.717) is 17.5 Å². The molecule has 0 radical (unpaired) electrons. The summed E-state index contributed by atoms with van der Waals surface area (Å²) in [5, 5.41) is 12.6. The maximum atomic E-state index is 9.19. The molecule has 0 aromatic rings. The van der Waals surface area contributed by atoms with Crippen LogP contribution in [0.3, 0.4) is 0 Å². The molecular weight excluding hydrogens is 222 g/mol. The summed E-state index contributed by atoms with van der Waals surface area (Å²) in [6.07, 6.45) is 7.69. The number of nitrogens with one attached hydrogen (secondary N) is 1. The van der Waals surface area contributed by atoms with Gasteiger partial charge in [-0.05, 0) is 51.0 Å². The quantitative estimate of drug-likeness (QED) is 0.814. The summed E-state index contributed by atoms with van der Waals surface area (Å²) in [7, 11) is 2.18. The fourth-order valence-electron chi connectivity index (χ4n) is 2.93. The van der Waals surface area contributed by atoms with Crippen LogP contribution >= 0.6 is 0 Å². The van der Waals surface area contributed by atoms with E-state index in [2.05, 4.69) is 37.2 Å². The summed E-state index contributed by atoms with van der Waals surface area (Å²) >= 11 is 0. The van der Waals surface area contributed by atoms with Crippen LogP contribution in [0.25, 0.3) is 0 Å². The second-order valence-corrected chi connectivity index (χ2v) is 6.96. The van der Waals surface area contributed by atoms with Gasteiger partial charge in [0.25, 0.3) is 0 Å². The van der Waals surface area contributed by atoms with Crippen molar-refractivity contribution in [1.82, 2.24) is 10.2 Å². The molecule has 1 N–H and O–H groups in total. The van der Waals surface area contributed by atoms with Gasteiger partial charge in [0.15, 0.2) is 0 Å². The summed E-state index contributed by atoms with van der Waals surface area (Å²) in [6.45, 7) is 5.62. The molecule has 0 aliphatic heterocycles. The van der Waals surface area contributed by atoms with E-state index < -0.39 is 0 Å². The lowest BCUT2D eigenvalue weighted by atomic mass is 9.75. The monoisotopic (exact) mass is 249 g/mol. The van der Waals surface area contributed by atoms with Crippen molar-refractivity contribution in [2.75, 3.05) is 13.6 Å². The van der Waals surface area contributed by atoms with Gasteiger partial charge in [-0.3, -0.25) is 5.32 Å². The maximum Gasteiger partial charge on any atom is 0.108 e. The van der Waals surface area contributed by atoms with Gasteiger partial charge in [-0.15, -0.1) is 0 Å². The first-order valence-corrected chi connectivity index (χ1v) is 7.36. The van der Waals surface area contributed by atoms with Crippen LogP contribution in [0.1, 0.15) is 52.4 Å².